The second kappa shape index (κ2) is 9.05. The maximum absolute atomic E-state index is 13.2. The lowest BCUT2D eigenvalue weighted by molar-refractivity contribution is -0.141. The first-order valence-corrected chi connectivity index (χ1v) is 10.6. The number of pyridine rings is 1. The third kappa shape index (κ3) is 5.73. The highest BCUT2D eigenvalue weighted by Crippen LogP contribution is 2.33. The number of alkyl halides is 3. The van der Waals surface area contributed by atoms with E-state index < -0.39 is 21.7 Å². The van der Waals surface area contributed by atoms with Crippen molar-refractivity contribution in [3.8, 4) is 22.8 Å². The van der Waals surface area contributed by atoms with E-state index in [9.17, 15) is 21.6 Å². The topological polar surface area (TPSA) is 74.1 Å². The lowest BCUT2D eigenvalue weighted by atomic mass is 10.1. The highest BCUT2D eigenvalue weighted by molar-refractivity contribution is 7.90. The van der Waals surface area contributed by atoms with Crippen LogP contribution < -0.4 is 4.74 Å². The number of rotatable bonds is 6. The van der Waals surface area contributed by atoms with Gasteiger partial charge in [-0.15, -0.1) is 12.4 Å². The quantitative estimate of drug-likeness (QED) is 0.555. The maximum Gasteiger partial charge on any atom is 0.435 e. The van der Waals surface area contributed by atoms with Crippen LogP contribution in [0, 0.1) is 0 Å². The van der Waals surface area contributed by atoms with Crippen LogP contribution in [0.15, 0.2) is 48.7 Å². The van der Waals surface area contributed by atoms with Gasteiger partial charge in [-0.05, 0) is 24.1 Å². The molecule has 0 amide bonds. The van der Waals surface area contributed by atoms with Crippen molar-refractivity contribution in [1.29, 1.82) is 0 Å². The summed E-state index contributed by atoms with van der Waals surface area (Å²) in [4.78, 5) is 4.02. The monoisotopic (exact) mass is 461 g/mol. The van der Waals surface area contributed by atoms with Gasteiger partial charge in [-0.25, -0.2) is 18.1 Å². The minimum Gasteiger partial charge on any atom is -0.481 e. The molecule has 0 aliphatic rings. The second-order valence-corrected chi connectivity index (χ2v) is 8.72. The SMILES string of the molecule is COc1ccc(-n2nc(C(F)(F)F)cc2-c2ccc(CCS(C)(=O)=O)cc2)cn1.Cl. The van der Waals surface area contributed by atoms with Crippen molar-refractivity contribution in [3.63, 3.8) is 0 Å². The smallest absolute Gasteiger partial charge is 0.435 e. The molecule has 0 N–H and O–H groups in total. The van der Waals surface area contributed by atoms with Gasteiger partial charge in [-0.1, -0.05) is 24.3 Å². The Bertz CT molecular complexity index is 1100. The van der Waals surface area contributed by atoms with Crippen molar-refractivity contribution in [2.45, 2.75) is 12.6 Å². The van der Waals surface area contributed by atoms with E-state index in [1.165, 1.54) is 24.1 Å². The van der Waals surface area contributed by atoms with Gasteiger partial charge >= 0.3 is 6.18 Å². The summed E-state index contributed by atoms with van der Waals surface area (Å²) in [6.07, 6.45) is -1.75. The summed E-state index contributed by atoms with van der Waals surface area (Å²) in [5.41, 5.74) is 0.834. The van der Waals surface area contributed by atoms with Crippen LogP contribution in [0.25, 0.3) is 16.9 Å². The van der Waals surface area contributed by atoms with E-state index in [0.29, 0.717) is 23.6 Å². The zero-order chi connectivity index (χ0) is 21.2. The summed E-state index contributed by atoms with van der Waals surface area (Å²) in [5.74, 6) is 0.328. The number of hydrogen-bond donors (Lipinski definition) is 0. The molecule has 3 rings (SSSR count). The van der Waals surface area contributed by atoms with Crippen LogP contribution in [0.2, 0.25) is 0 Å². The first-order valence-electron chi connectivity index (χ1n) is 8.51. The molecule has 2 heterocycles. The van der Waals surface area contributed by atoms with Gasteiger partial charge in [0.25, 0.3) is 0 Å². The Kier molecular flexibility index (Phi) is 7.14. The predicted molar refractivity (Wildman–Crippen MR) is 109 cm³/mol. The minimum absolute atomic E-state index is 0. The van der Waals surface area contributed by atoms with Crippen LogP contribution in [0.4, 0.5) is 13.2 Å². The summed E-state index contributed by atoms with van der Waals surface area (Å²) < 4.78 is 68.5. The van der Waals surface area contributed by atoms with Crippen LogP contribution in [-0.4, -0.2) is 42.3 Å². The van der Waals surface area contributed by atoms with Crippen LogP contribution in [0.1, 0.15) is 11.3 Å². The van der Waals surface area contributed by atoms with Gasteiger partial charge in [0.15, 0.2) is 5.69 Å². The number of benzene rings is 1. The summed E-state index contributed by atoms with van der Waals surface area (Å²) in [6, 6.07) is 10.7. The standard InChI is InChI=1S/C19H18F3N3O3S.ClH/c1-28-18-8-7-15(12-23-18)25-16(11-17(24-25)19(20,21)22)14-5-3-13(4-6-14)9-10-29(2,26)27;/h3-8,11-12H,9-10H2,1-2H3;1H. The Labute approximate surface area is 178 Å². The molecule has 11 heteroatoms. The van der Waals surface area contributed by atoms with E-state index in [1.807, 2.05) is 0 Å². The fourth-order valence-electron chi connectivity index (χ4n) is 2.69. The molecule has 0 saturated heterocycles. The van der Waals surface area contributed by atoms with Gasteiger partial charge in [0, 0.05) is 17.9 Å². The number of nitrogens with zero attached hydrogens (tertiary/aromatic N) is 3. The lowest BCUT2D eigenvalue weighted by Crippen LogP contribution is -2.07. The third-order valence-electron chi connectivity index (χ3n) is 4.19. The van der Waals surface area contributed by atoms with Gasteiger partial charge in [0.2, 0.25) is 5.88 Å². The molecule has 0 bridgehead atoms. The van der Waals surface area contributed by atoms with E-state index in [0.717, 1.165) is 17.9 Å². The van der Waals surface area contributed by atoms with E-state index >= 15 is 0 Å². The molecule has 0 aliphatic heterocycles. The van der Waals surface area contributed by atoms with Gasteiger partial charge in [-0.3, -0.25) is 0 Å². The van der Waals surface area contributed by atoms with Gasteiger partial charge in [0.05, 0.1) is 30.4 Å². The van der Waals surface area contributed by atoms with Crippen molar-refractivity contribution >= 4 is 22.2 Å². The van der Waals surface area contributed by atoms with Gasteiger partial charge in [-0.2, -0.15) is 18.3 Å². The molecule has 2 aromatic heterocycles. The molecule has 0 atom stereocenters. The van der Waals surface area contributed by atoms with Crippen molar-refractivity contribution in [2.24, 2.45) is 0 Å². The molecule has 3 aromatic rings. The predicted octanol–water partition coefficient (Wildman–Crippen LogP) is 3.97. The Morgan fingerprint density at radius 2 is 1.77 bits per heavy atom. The normalized spacial score (nSPS) is 11.8. The fourth-order valence-corrected chi connectivity index (χ4v) is 3.29. The fraction of sp³-hybridized carbons (Fsp3) is 0.263. The molecule has 0 unspecified atom stereocenters. The zero-order valence-corrected chi connectivity index (χ0v) is 17.7. The van der Waals surface area contributed by atoms with E-state index in [-0.39, 0.29) is 23.9 Å². The molecule has 0 saturated carbocycles. The molecule has 30 heavy (non-hydrogen) atoms. The van der Waals surface area contributed by atoms with Crippen LogP contribution in [0.5, 0.6) is 5.88 Å². The first kappa shape index (κ1) is 23.7. The Morgan fingerprint density at radius 3 is 2.27 bits per heavy atom. The summed E-state index contributed by atoms with van der Waals surface area (Å²) in [7, 11) is -1.66. The first-order chi connectivity index (χ1) is 13.6. The van der Waals surface area contributed by atoms with Gasteiger partial charge in [0.1, 0.15) is 9.84 Å². The van der Waals surface area contributed by atoms with Crippen LogP contribution >= 0.6 is 12.4 Å². The number of methoxy groups -OCH3 is 1. The number of hydrogen-bond acceptors (Lipinski definition) is 5. The molecule has 1 aromatic carbocycles. The molecular formula is C19H19ClF3N3O3S. The minimum atomic E-state index is -4.60. The van der Waals surface area contributed by atoms with Crippen molar-refractivity contribution in [2.75, 3.05) is 19.1 Å². The maximum atomic E-state index is 13.2. The molecular weight excluding hydrogens is 443 g/mol. The van der Waals surface area contributed by atoms with Crippen molar-refractivity contribution in [1.82, 2.24) is 14.8 Å². The van der Waals surface area contributed by atoms with E-state index in [4.69, 9.17) is 4.74 Å². The Morgan fingerprint density at radius 1 is 1.10 bits per heavy atom. The van der Waals surface area contributed by atoms with Crippen LogP contribution in [-0.2, 0) is 22.4 Å². The molecule has 0 spiro atoms. The number of halogens is 4. The zero-order valence-electron chi connectivity index (χ0n) is 16.0. The Balaban J connectivity index is 0.00000320. The highest BCUT2D eigenvalue weighted by atomic mass is 35.5. The van der Waals surface area contributed by atoms with Crippen molar-refractivity contribution < 1.29 is 26.3 Å². The molecule has 0 aliphatic carbocycles. The number of ether oxygens (including phenoxy) is 1. The molecule has 162 valence electrons. The highest BCUT2D eigenvalue weighted by Gasteiger charge is 2.35. The summed E-state index contributed by atoms with van der Waals surface area (Å²) >= 11 is 0. The van der Waals surface area contributed by atoms with Crippen LogP contribution in [0.3, 0.4) is 0 Å². The molecule has 0 fully saturated rings. The number of aryl methyl sites for hydroxylation is 1. The van der Waals surface area contributed by atoms with Gasteiger partial charge < -0.3 is 4.74 Å². The largest absolute Gasteiger partial charge is 0.481 e. The summed E-state index contributed by atoms with van der Waals surface area (Å²) in [5, 5.41) is 3.71. The molecule has 0 radical (unpaired) electrons. The van der Waals surface area contributed by atoms with E-state index in [2.05, 4.69) is 10.1 Å². The number of aromatic nitrogens is 3. The lowest BCUT2D eigenvalue weighted by Gasteiger charge is -2.09. The van der Waals surface area contributed by atoms with E-state index in [1.54, 1.807) is 30.3 Å². The summed E-state index contributed by atoms with van der Waals surface area (Å²) in [6.45, 7) is 0. The second-order valence-electron chi connectivity index (χ2n) is 6.46. The average Bonchev–Trinajstić information content (AvgIpc) is 3.12. The third-order valence-corrected chi connectivity index (χ3v) is 5.13. The molecule has 6 nitrogen and oxygen atoms in total. The number of sulfone groups is 1. The Hall–Kier alpha value is -2.59. The van der Waals surface area contributed by atoms with Crippen molar-refractivity contribution in [3.05, 3.63) is 59.9 Å². The average molecular weight is 462 g/mol.